The summed E-state index contributed by atoms with van der Waals surface area (Å²) in [5.41, 5.74) is 1.16. The zero-order valence-corrected chi connectivity index (χ0v) is 16.3. The third-order valence-corrected chi connectivity index (χ3v) is 5.03. The Bertz CT molecular complexity index is 993. The van der Waals surface area contributed by atoms with E-state index in [9.17, 15) is 18.4 Å². The second kappa shape index (κ2) is 9.29. The van der Waals surface area contributed by atoms with Crippen LogP contribution in [0.5, 0.6) is 5.75 Å². The van der Waals surface area contributed by atoms with Crippen LogP contribution in [-0.2, 0) is 6.54 Å². The topological polar surface area (TPSA) is 58.6 Å². The Morgan fingerprint density at radius 3 is 2.52 bits per heavy atom. The van der Waals surface area contributed by atoms with E-state index < -0.39 is 12.5 Å². The Morgan fingerprint density at radius 2 is 1.79 bits per heavy atom. The van der Waals surface area contributed by atoms with E-state index in [1.165, 1.54) is 22.3 Å². The van der Waals surface area contributed by atoms with Crippen molar-refractivity contribution in [1.29, 1.82) is 0 Å². The smallest absolute Gasteiger partial charge is 0.387 e. The summed E-state index contributed by atoms with van der Waals surface area (Å²) in [5, 5.41) is 4.50. The van der Waals surface area contributed by atoms with E-state index in [0.717, 1.165) is 0 Å². The van der Waals surface area contributed by atoms with Gasteiger partial charge in [-0.25, -0.2) is 0 Å². The first-order chi connectivity index (χ1) is 14.0. The molecule has 3 aromatic rings. The highest BCUT2D eigenvalue weighted by Crippen LogP contribution is 2.24. The van der Waals surface area contributed by atoms with Gasteiger partial charge in [-0.3, -0.25) is 9.59 Å². The van der Waals surface area contributed by atoms with Crippen molar-refractivity contribution in [3.8, 4) is 5.75 Å². The van der Waals surface area contributed by atoms with Gasteiger partial charge in [-0.2, -0.15) is 8.78 Å². The number of ether oxygens (including phenoxy) is 1. The highest BCUT2D eigenvalue weighted by atomic mass is 32.1. The van der Waals surface area contributed by atoms with Gasteiger partial charge in [0.2, 0.25) is 0 Å². The average Bonchev–Trinajstić information content (AvgIpc) is 3.26. The number of nitrogens with zero attached hydrogens (tertiary/aromatic N) is 1. The molecule has 3 rings (SSSR count). The molecule has 0 aliphatic heterocycles. The predicted molar refractivity (Wildman–Crippen MR) is 108 cm³/mol. The monoisotopic (exact) mass is 416 g/mol. The molecule has 0 aliphatic rings. The molecule has 5 nitrogen and oxygen atoms in total. The lowest BCUT2D eigenvalue weighted by molar-refractivity contribution is -0.0504. The number of hydrogen-bond donors (Lipinski definition) is 1. The zero-order valence-electron chi connectivity index (χ0n) is 15.5. The van der Waals surface area contributed by atoms with Gasteiger partial charge in [0.15, 0.2) is 0 Å². The molecule has 1 heterocycles. The van der Waals surface area contributed by atoms with Gasteiger partial charge < -0.3 is 15.0 Å². The first-order valence-electron chi connectivity index (χ1n) is 8.69. The molecule has 0 aliphatic carbocycles. The van der Waals surface area contributed by atoms with Crippen molar-refractivity contribution in [1.82, 2.24) is 5.32 Å². The summed E-state index contributed by atoms with van der Waals surface area (Å²) in [6, 6.07) is 16.4. The number of halogens is 2. The second-order valence-electron chi connectivity index (χ2n) is 6.03. The number of thiophene rings is 1. The number of anilines is 1. The zero-order chi connectivity index (χ0) is 20.8. The summed E-state index contributed by atoms with van der Waals surface area (Å²) in [6.45, 7) is -2.96. The van der Waals surface area contributed by atoms with Crippen LogP contribution in [0, 0.1) is 0 Å². The minimum atomic E-state index is -2.95. The van der Waals surface area contributed by atoms with Gasteiger partial charge in [-0.05, 0) is 29.6 Å². The first-order valence-corrected chi connectivity index (χ1v) is 9.57. The molecule has 150 valence electrons. The van der Waals surface area contributed by atoms with Gasteiger partial charge in [-0.15, -0.1) is 11.3 Å². The molecule has 1 aromatic heterocycles. The van der Waals surface area contributed by atoms with Crippen LogP contribution in [0.2, 0.25) is 0 Å². The normalized spacial score (nSPS) is 10.6. The van der Waals surface area contributed by atoms with Gasteiger partial charge in [0.25, 0.3) is 11.8 Å². The van der Waals surface area contributed by atoms with Crippen molar-refractivity contribution in [2.24, 2.45) is 0 Å². The van der Waals surface area contributed by atoms with Crippen LogP contribution in [0.3, 0.4) is 0 Å². The lowest BCUT2D eigenvalue weighted by atomic mass is 10.1. The van der Waals surface area contributed by atoms with Gasteiger partial charge >= 0.3 is 6.61 Å². The number of rotatable bonds is 7. The minimum Gasteiger partial charge on any atom is -0.434 e. The van der Waals surface area contributed by atoms with Gasteiger partial charge in [0.1, 0.15) is 5.75 Å². The van der Waals surface area contributed by atoms with Crippen LogP contribution in [0.25, 0.3) is 0 Å². The maximum Gasteiger partial charge on any atom is 0.387 e. The van der Waals surface area contributed by atoms with E-state index in [2.05, 4.69) is 10.1 Å². The third-order valence-electron chi connectivity index (χ3n) is 4.17. The highest BCUT2D eigenvalue weighted by Gasteiger charge is 2.20. The average molecular weight is 416 g/mol. The van der Waals surface area contributed by atoms with E-state index in [0.29, 0.717) is 21.7 Å². The number of alkyl halides is 2. The molecule has 2 amide bonds. The maximum atomic E-state index is 12.8. The standard InChI is InChI=1S/C21H18F2N2O3S/c1-25(20(27)18-11-6-12-29-18)16-9-4-3-8-15(16)19(26)24-13-14-7-2-5-10-17(14)28-21(22)23/h2-12,21H,13H2,1H3,(H,24,26). The molecule has 0 saturated heterocycles. The van der Waals surface area contributed by atoms with Gasteiger partial charge in [0.05, 0.1) is 16.1 Å². The molecule has 0 spiro atoms. The van der Waals surface area contributed by atoms with Crippen molar-refractivity contribution in [2.75, 3.05) is 11.9 Å². The molecule has 0 fully saturated rings. The van der Waals surface area contributed by atoms with Crippen molar-refractivity contribution in [3.05, 3.63) is 82.0 Å². The van der Waals surface area contributed by atoms with Gasteiger partial charge in [-0.1, -0.05) is 36.4 Å². The molecule has 1 N–H and O–H groups in total. The van der Waals surface area contributed by atoms with E-state index in [1.807, 2.05) is 0 Å². The lowest BCUT2D eigenvalue weighted by Crippen LogP contribution is -2.30. The Balaban J connectivity index is 1.77. The highest BCUT2D eigenvalue weighted by molar-refractivity contribution is 7.12. The van der Waals surface area contributed by atoms with Crippen LogP contribution in [-0.4, -0.2) is 25.5 Å². The molecule has 0 radical (unpaired) electrons. The lowest BCUT2D eigenvalue weighted by Gasteiger charge is -2.20. The van der Waals surface area contributed by atoms with Gasteiger partial charge in [0, 0.05) is 19.2 Å². The molecule has 2 aromatic carbocycles. The molecule has 0 bridgehead atoms. The van der Waals surface area contributed by atoms with Crippen LogP contribution >= 0.6 is 11.3 Å². The maximum absolute atomic E-state index is 12.8. The van der Waals surface area contributed by atoms with E-state index in [1.54, 1.807) is 67.0 Å². The van der Waals surface area contributed by atoms with E-state index >= 15 is 0 Å². The van der Waals surface area contributed by atoms with Crippen LogP contribution in [0.15, 0.2) is 66.0 Å². The number of carbonyl (C=O) groups excluding carboxylic acids is 2. The summed E-state index contributed by atoms with van der Waals surface area (Å²) in [7, 11) is 1.60. The molecule has 8 heteroatoms. The van der Waals surface area contributed by atoms with Crippen LogP contribution < -0.4 is 15.0 Å². The Hall–Kier alpha value is -3.26. The Labute approximate surface area is 170 Å². The second-order valence-corrected chi connectivity index (χ2v) is 6.98. The molecule has 0 atom stereocenters. The third kappa shape index (κ3) is 4.97. The van der Waals surface area contributed by atoms with Crippen molar-refractivity contribution >= 4 is 28.8 Å². The quantitative estimate of drug-likeness (QED) is 0.615. The fourth-order valence-electron chi connectivity index (χ4n) is 2.76. The summed E-state index contributed by atoms with van der Waals surface area (Å²) < 4.78 is 29.6. The number of para-hydroxylation sites is 2. The van der Waals surface area contributed by atoms with E-state index in [4.69, 9.17) is 0 Å². The van der Waals surface area contributed by atoms with Crippen LogP contribution in [0.4, 0.5) is 14.5 Å². The molecular weight excluding hydrogens is 398 g/mol. The molecule has 29 heavy (non-hydrogen) atoms. The summed E-state index contributed by atoms with van der Waals surface area (Å²) in [6.07, 6.45) is 0. The van der Waals surface area contributed by atoms with Crippen LogP contribution in [0.1, 0.15) is 25.6 Å². The summed E-state index contributed by atoms with van der Waals surface area (Å²) >= 11 is 1.32. The Morgan fingerprint density at radius 1 is 1.07 bits per heavy atom. The number of amides is 2. The fourth-order valence-corrected chi connectivity index (χ4v) is 3.46. The van der Waals surface area contributed by atoms with Crippen molar-refractivity contribution < 1.29 is 23.1 Å². The summed E-state index contributed by atoms with van der Waals surface area (Å²) in [4.78, 5) is 27.3. The number of hydrogen-bond acceptors (Lipinski definition) is 4. The molecule has 0 unspecified atom stereocenters. The Kier molecular flexibility index (Phi) is 6.56. The predicted octanol–water partition coefficient (Wildman–Crippen LogP) is 4.56. The van der Waals surface area contributed by atoms with E-state index in [-0.39, 0.29) is 18.2 Å². The number of benzene rings is 2. The fraction of sp³-hybridized carbons (Fsp3) is 0.143. The largest absolute Gasteiger partial charge is 0.434 e. The number of nitrogens with one attached hydrogen (secondary N) is 1. The van der Waals surface area contributed by atoms with Crippen molar-refractivity contribution in [2.45, 2.75) is 13.2 Å². The molecule has 0 saturated carbocycles. The SMILES string of the molecule is CN(C(=O)c1cccs1)c1ccccc1C(=O)NCc1ccccc1OC(F)F. The minimum absolute atomic E-state index is 0.000997. The first kappa shape index (κ1) is 20.5. The van der Waals surface area contributed by atoms with Crippen molar-refractivity contribution in [3.63, 3.8) is 0 Å². The number of carbonyl (C=O) groups is 2. The summed E-state index contributed by atoms with van der Waals surface area (Å²) in [5.74, 6) is -0.657. The molecular formula is C21H18F2N2O3S.